The van der Waals surface area contributed by atoms with Crippen LogP contribution in [-0.2, 0) is 0 Å². The normalized spacial score (nSPS) is 38.2. The summed E-state index contributed by atoms with van der Waals surface area (Å²) in [4.78, 5) is 2.78. The maximum atomic E-state index is 3.78. The molecule has 1 aliphatic heterocycles. The molecule has 0 bridgehead atoms. The zero-order chi connectivity index (χ0) is 13.5. The molecule has 2 heteroatoms. The second-order valence-corrected chi connectivity index (χ2v) is 8.07. The van der Waals surface area contributed by atoms with Crippen LogP contribution < -0.4 is 5.32 Å². The lowest BCUT2D eigenvalue weighted by Gasteiger charge is -2.46. The summed E-state index contributed by atoms with van der Waals surface area (Å²) in [6, 6.07) is 1.37. The van der Waals surface area contributed by atoms with E-state index in [1.165, 1.54) is 26.1 Å². The average molecular weight is 252 g/mol. The second-order valence-electron chi connectivity index (χ2n) is 8.07. The van der Waals surface area contributed by atoms with E-state index >= 15 is 0 Å². The Morgan fingerprint density at radius 2 is 1.89 bits per heavy atom. The molecule has 106 valence electrons. The third-order valence-electron chi connectivity index (χ3n) is 5.02. The Morgan fingerprint density at radius 1 is 1.28 bits per heavy atom. The van der Waals surface area contributed by atoms with Crippen LogP contribution in [0.4, 0.5) is 0 Å². The van der Waals surface area contributed by atoms with E-state index in [4.69, 9.17) is 0 Å². The SMILES string of the molecule is CC(C)C1CNC(C(C)(C)C)CN1CC1CC1C. The van der Waals surface area contributed by atoms with Crippen molar-refractivity contribution < 1.29 is 0 Å². The molecule has 0 radical (unpaired) electrons. The van der Waals surface area contributed by atoms with Gasteiger partial charge in [0.15, 0.2) is 0 Å². The van der Waals surface area contributed by atoms with Crippen LogP contribution in [0.15, 0.2) is 0 Å². The number of rotatable bonds is 3. The van der Waals surface area contributed by atoms with Crippen molar-refractivity contribution >= 4 is 0 Å². The molecule has 1 saturated heterocycles. The van der Waals surface area contributed by atoms with Crippen molar-refractivity contribution in [1.29, 1.82) is 0 Å². The largest absolute Gasteiger partial charge is 0.311 e. The van der Waals surface area contributed by atoms with Gasteiger partial charge in [0.1, 0.15) is 0 Å². The van der Waals surface area contributed by atoms with E-state index in [0.717, 1.165) is 23.8 Å². The summed E-state index contributed by atoms with van der Waals surface area (Å²) in [5.41, 5.74) is 0.370. The molecule has 0 aromatic rings. The van der Waals surface area contributed by atoms with E-state index in [-0.39, 0.29) is 0 Å². The summed E-state index contributed by atoms with van der Waals surface area (Å²) in [6.07, 6.45) is 1.45. The summed E-state index contributed by atoms with van der Waals surface area (Å²) in [6.45, 7) is 17.9. The first-order chi connectivity index (χ1) is 8.29. The van der Waals surface area contributed by atoms with Crippen LogP contribution in [0.1, 0.15) is 48.0 Å². The van der Waals surface area contributed by atoms with Crippen molar-refractivity contribution in [2.45, 2.75) is 60.0 Å². The average Bonchev–Trinajstić information content (AvgIpc) is 2.92. The van der Waals surface area contributed by atoms with Crippen LogP contribution in [0.25, 0.3) is 0 Å². The first kappa shape index (κ1) is 14.3. The summed E-state index contributed by atoms with van der Waals surface area (Å²) in [7, 11) is 0. The summed E-state index contributed by atoms with van der Waals surface area (Å²) < 4.78 is 0. The molecule has 0 amide bonds. The minimum atomic E-state index is 0.370. The van der Waals surface area contributed by atoms with Gasteiger partial charge in [0.05, 0.1) is 0 Å². The van der Waals surface area contributed by atoms with E-state index in [2.05, 4.69) is 51.8 Å². The van der Waals surface area contributed by atoms with Gasteiger partial charge in [-0.15, -0.1) is 0 Å². The Kier molecular flexibility index (Phi) is 4.08. The Morgan fingerprint density at radius 3 is 2.33 bits per heavy atom. The van der Waals surface area contributed by atoms with Crippen molar-refractivity contribution in [3.05, 3.63) is 0 Å². The smallest absolute Gasteiger partial charge is 0.0244 e. The van der Waals surface area contributed by atoms with Gasteiger partial charge in [-0.2, -0.15) is 0 Å². The minimum absolute atomic E-state index is 0.370. The lowest BCUT2D eigenvalue weighted by Crippen LogP contribution is -2.61. The topological polar surface area (TPSA) is 15.3 Å². The number of nitrogens with zero attached hydrogens (tertiary/aromatic N) is 1. The van der Waals surface area contributed by atoms with Gasteiger partial charge in [-0.3, -0.25) is 4.90 Å². The van der Waals surface area contributed by atoms with E-state index in [0.29, 0.717) is 11.5 Å². The maximum Gasteiger partial charge on any atom is 0.0244 e. The third kappa shape index (κ3) is 3.27. The molecule has 2 rings (SSSR count). The van der Waals surface area contributed by atoms with Crippen LogP contribution >= 0.6 is 0 Å². The molecule has 4 atom stereocenters. The van der Waals surface area contributed by atoms with Crippen molar-refractivity contribution in [2.24, 2.45) is 23.2 Å². The van der Waals surface area contributed by atoms with Crippen LogP contribution in [0, 0.1) is 23.2 Å². The van der Waals surface area contributed by atoms with Gasteiger partial charge >= 0.3 is 0 Å². The molecule has 0 aromatic carbocycles. The lowest BCUT2D eigenvalue weighted by atomic mass is 9.83. The van der Waals surface area contributed by atoms with Crippen molar-refractivity contribution in [1.82, 2.24) is 10.2 Å². The quantitative estimate of drug-likeness (QED) is 0.831. The minimum Gasteiger partial charge on any atom is -0.311 e. The molecular formula is C16H32N2. The predicted molar refractivity (Wildman–Crippen MR) is 78.7 cm³/mol. The van der Waals surface area contributed by atoms with Crippen molar-refractivity contribution in [3.8, 4) is 0 Å². The van der Waals surface area contributed by atoms with E-state index in [1.807, 2.05) is 0 Å². The van der Waals surface area contributed by atoms with Crippen molar-refractivity contribution in [2.75, 3.05) is 19.6 Å². The highest BCUT2D eigenvalue weighted by atomic mass is 15.2. The predicted octanol–water partition coefficient (Wildman–Crippen LogP) is 2.99. The molecule has 0 spiro atoms. The molecule has 2 fully saturated rings. The van der Waals surface area contributed by atoms with E-state index in [1.54, 1.807) is 0 Å². The van der Waals surface area contributed by atoms with Crippen LogP contribution in [0.5, 0.6) is 0 Å². The molecule has 2 nitrogen and oxygen atoms in total. The fourth-order valence-corrected chi connectivity index (χ4v) is 3.23. The highest BCUT2D eigenvalue weighted by Gasteiger charge is 2.40. The van der Waals surface area contributed by atoms with Gasteiger partial charge in [0.2, 0.25) is 0 Å². The third-order valence-corrected chi connectivity index (χ3v) is 5.02. The van der Waals surface area contributed by atoms with Gasteiger partial charge in [-0.25, -0.2) is 0 Å². The highest BCUT2D eigenvalue weighted by Crippen LogP contribution is 2.39. The number of nitrogens with one attached hydrogen (secondary N) is 1. The zero-order valence-corrected chi connectivity index (χ0v) is 13.2. The van der Waals surface area contributed by atoms with Gasteiger partial charge in [0, 0.05) is 31.7 Å². The summed E-state index contributed by atoms with van der Waals surface area (Å²) in [5.74, 6) is 2.71. The van der Waals surface area contributed by atoms with Gasteiger partial charge in [0.25, 0.3) is 0 Å². The first-order valence-corrected chi connectivity index (χ1v) is 7.76. The molecule has 1 heterocycles. The van der Waals surface area contributed by atoms with E-state index in [9.17, 15) is 0 Å². The number of hydrogen-bond donors (Lipinski definition) is 1. The number of piperazine rings is 1. The van der Waals surface area contributed by atoms with Crippen molar-refractivity contribution in [3.63, 3.8) is 0 Å². The summed E-state index contributed by atoms with van der Waals surface area (Å²) in [5, 5.41) is 3.78. The Labute approximate surface area is 114 Å². The molecule has 18 heavy (non-hydrogen) atoms. The van der Waals surface area contributed by atoms with Crippen LogP contribution in [0.2, 0.25) is 0 Å². The van der Waals surface area contributed by atoms with Crippen LogP contribution in [0.3, 0.4) is 0 Å². The molecular weight excluding hydrogens is 220 g/mol. The fraction of sp³-hybridized carbons (Fsp3) is 1.00. The molecule has 2 aliphatic rings. The lowest BCUT2D eigenvalue weighted by molar-refractivity contribution is 0.0586. The highest BCUT2D eigenvalue weighted by molar-refractivity contribution is 4.95. The zero-order valence-electron chi connectivity index (χ0n) is 13.2. The first-order valence-electron chi connectivity index (χ1n) is 7.76. The molecule has 1 saturated carbocycles. The Hall–Kier alpha value is -0.0800. The maximum absolute atomic E-state index is 3.78. The molecule has 4 unspecified atom stereocenters. The van der Waals surface area contributed by atoms with E-state index < -0.39 is 0 Å². The number of hydrogen-bond acceptors (Lipinski definition) is 2. The molecule has 1 N–H and O–H groups in total. The summed E-state index contributed by atoms with van der Waals surface area (Å²) >= 11 is 0. The van der Waals surface area contributed by atoms with Gasteiger partial charge in [-0.1, -0.05) is 41.5 Å². The van der Waals surface area contributed by atoms with Crippen LogP contribution in [-0.4, -0.2) is 36.6 Å². The Balaban J connectivity index is 1.99. The Bertz CT molecular complexity index is 279. The molecule has 0 aromatic heterocycles. The molecule has 1 aliphatic carbocycles. The monoisotopic (exact) mass is 252 g/mol. The van der Waals surface area contributed by atoms with Gasteiger partial charge < -0.3 is 5.32 Å². The standard InChI is InChI=1S/C16H32N2/c1-11(2)14-8-17-15(16(4,5)6)10-18(14)9-13-7-12(13)3/h11-15,17H,7-10H2,1-6H3. The van der Waals surface area contributed by atoms with Gasteiger partial charge in [-0.05, 0) is 29.6 Å². The fourth-order valence-electron chi connectivity index (χ4n) is 3.23. The second kappa shape index (κ2) is 5.13.